The summed E-state index contributed by atoms with van der Waals surface area (Å²) in [7, 11) is 0. The predicted octanol–water partition coefficient (Wildman–Crippen LogP) is -1.21. The number of aliphatic hydroxyl groups excluding tert-OH is 2. The minimum atomic E-state index is -1.69. The van der Waals surface area contributed by atoms with Crippen molar-refractivity contribution in [2.24, 2.45) is 0 Å². The molecule has 1 unspecified atom stereocenters. The van der Waals surface area contributed by atoms with Gasteiger partial charge < -0.3 is 20.1 Å². The minimum Gasteiger partial charge on any atom is -0.479 e. The van der Waals surface area contributed by atoms with Crippen LogP contribution in [0.2, 0.25) is 0 Å². The lowest BCUT2D eigenvalue weighted by molar-refractivity contribution is -0.181. The van der Waals surface area contributed by atoms with Gasteiger partial charge in [0.25, 0.3) is 0 Å². The van der Waals surface area contributed by atoms with Gasteiger partial charge in [0, 0.05) is 0 Å². The second-order valence-corrected chi connectivity index (χ2v) is 1.97. The van der Waals surface area contributed by atoms with Crippen molar-refractivity contribution in [2.75, 3.05) is 13.4 Å². The third-order valence-electron chi connectivity index (χ3n) is 1.14. The maximum Gasteiger partial charge on any atom is 0.338 e. The Balaban J connectivity index is 4.08. The molecule has 0 rings (SSSR count). The summed E-state index contributed by atoms with van der Waals surface area (Å²) < 4.78 is 4.35. The largest absolute Gasteiger partial charge is 0.479 e. The number of rotatable bonds is 4. The Hall–Kier alpha value is -0.650. The number of hydrogen-bond acceptors (Lipinski definition) is 4. The van der Waals surface area contributed by atoms with Crippen LogP contribution < -0.4 is 0 Å². The van der Waals surface area contributed by atoms with Crippen LogP contribution in [0.5, 0.6) is 0 Å². The van der Waals surface area contributed by atoms with Gasteiger partial charge in [-0.1, -0.05) is 0 Å². The Bertz CT molecular complexity index is 123. The lowest BCUT2D eigenvalue weighted by atomic mass is 10.1. The van der Waals surface area contributed by atoms with E-state index in [0.717, 1.165) is 0 Å². The molecule has 5 heteroatoms. The Labute approximate surface area is 57.9 Å². The summed E-state index contributed by atoms with van der Waals surface area (Å²) >= 11 is 0. The van der Waals surface area contributed by atoms with E-state index in [1.54, 1.807) is 0 Å². The summed E-state index contributed by atoms with van der Waals surface area (Å²) in [6, 6.07) is 0. The number of aliphatic carboxylic acids is 1. The van der Waals surface area contributed by atoms with Crippen molar-refractivity contribution in [2.45, 2.75) is 12.5 Å². The van der Waals surface area contributed by atoms with E-state index < -0.39 is 25.0 Å². The van der Waals surface area contributed by atoms with Gasteiger partial charge in [-0.15, -0.1) is 0 Å². The van der Waals surface area contributed by atoms with Gasteiger partial charge >= 0.3 is 5.97 Å². The highest BCUT2D eigenvalue weighted by molar-refractivity contribution is 5.77. The molecule has 0 aliphatic carbocycles. The SMILES string of the molecule is CC(CO)(OCO)C(=O)O. The molecular weight excluding hydrogens is 140 g/mol. The Kier molecular flexibility index (Phi) is 3.27. The standard InChI is InChI=1S/C5H10O5/c1-5(2-6,4(8)9)10-3-7/h6-7H,2-3H2,1H3,(H,8,9). The van der Waals surface area contributed by atoms with Crippen LogP contribution in [-0.2, 0) is 9.53 Å². The van der Waals surface area contributed by atoms with Crippen molar-refractivity contribution < 1.29 is 24.9 Å². The average Bonchev–Trinajstić information content (AvgIpc) is 1.88. The first-order valence-corrected chi connectivity index (χ1v) is 2.66. The molecule has 0 fully saturated rings. The first kappa shape index (κ1) is 9.35. The smallest absolute Gasteiger partial charge is 0.338 e. The van der Waals surface area contributed by atoms with Crippen LogP contribution in [0.3, 0.4) is 0 Å². The number of carboxylic acids is 1. The fourth-order valence-corrected chi connectivity index (χ4v) is 0.317. The maximum atomic E-state index is 10.2. The lowest BCUT2D eigenvalue weighted by Crippen LogP contribution is -2.42. The normalized spacial score (nSPS) is 16.3. The van der Waals surface area contributed by atoms with Gasteiger partial charge in [-0.2, -0.15) is 0 Å². The molecule has 0 saturated heterocycles. The molecule has 0 spiro atoms. The zero-order chi connectivity index (χ0) is 8.20. The summed E-state index contributed by atoms with van der Waals surface area (Å²) in [5.41, 5.74) is -1.69. The fraction of sp³-hybridized carbons (Fsp3) is 0.800. The topological polar surface area (TPSA) is 87.0 Å². The van der Waals surface area contributed by atoms with Gasteiger partial charge in [0.1, 0.15) is 6.79 Å². The van der Waals surface area contributed by atoms with E-state index in [0.29, 0.717) is 0 Å². The van der Waals surface area contributed by atoms with Crippen molar-refractivity contribution in [3.8, 4) is 0 Å². The molecule has 0 aliphatic heterocycles. The van der Waals surface area contributed by atoms with Gasteiger partial charge in [0.05, 0.1) is 6.61 Å². The van der Waals surface area contributed by atoms with Crippen LogP contribution in [0.25, 0.3) is 0 Å². The highest BCUT2D eigenvalue weighted by Crippen LogP contribution is 2.07. The molecule has 10 heavy (non-hydrogen) atoms. The van der Waals surface area contributed by atoms with E-state index in [1.807, 2.05) is 0 Å². The van der Waals surface area contributed by atoms with Crippen LogP contribution in [-0.4, -0.2) is 40.3 Å². The van der Waals surface area contributed by atoms with Gasteiger partial charge in [0.15, 0.2) is 5.60 Å². The van der Waals surface area contributed by atoms with Crippen LogP contribution in [0.15, 0.2) is 0 Å². The maximum absolute atomic E-state index is 10.2. The first-order chi connectivity index (χ1) is 4.56. The quantitative estimate of drug-likeness (QED) is 0.437. The first-order valence-electron chi connectivity index (χ1n) is 2.66. The highest BCUT2D eigenvalue weighted by atomic mass is 16.6. The van der Waals surface area contributed by atoms with E-state index in [2.05, 4.69) is 4.74 Å². The molecule has 0 amide bonds. The molecule has 5 nitrogen and oxygen atoms in total. The average molecular weight is 150 g/mol. The monoisotopic (exact) mass is 150 g/mol. The Morgan fingerprint density at radius 2 is 2.10 bits per heavy atom. The van der Waals surface area contributed by atoms with Crippen molar-refractivity contribution in [1.29, 1.82) is 0 Å². The lowest BCUT2D eigenvalue weighted by Gasteiger charge is -2.20. The Morgan fingerprint density at radius 3 is 2.20 bits per heavy atom. The summed E-state index contributed by atoms with van der Waals surface area (Å²) in [5.74, 6) is -1.30. The number of ether oxygens (including phenoxy) is 1. The zero-order valence-corrected chi connectivity index (χ0v) is 5.57. The summed E-state index contributed by atoms with van der Waals surface area (Å²) in [4.78, 5) is 10.2. The molecule has 0 bridgehead atoms. The second kappa shape index (κ2) is 3.50. The molecule has 1 atom stereocenters. The van der Waals surface area contributed by atoms with Gasteiger partial charge in [-0.25, -0.2) is 4.79 Å². The fourth-order valence-electron chi connectivity index (χ4n) is 0.317. The number of aliphatic hydroxyl groups is 2. The van der Waals surface area contributed by atoms with Crippen molar-refractivity contribution in [3.05, 3.63) is 0 Å². The van der Waals surface area contributed by atoms with Gasteiger partial charge in [-0.05, 0) is 6.92 Å². The van der Waals surface area contributed by atoms with Crippen LogP contribution in [0.1, 0.15) is 6.92 Å². The van der Waals surface area contributed by atoms with Crippen LogP contribution in [0, 0.1) is 0 Å². The Morgan fingerprint density at radius 1 is 1.60 bits per heavy atom. The molecule has 0 aromatic rings. The highest BCUT2D eigenvalue weighted by Gasteiger charge is 2.33. The van der Waals surface area contributed by atoms with Gasteiger partial charge in [-0.3, -0.25) is 0 Å². The van der Waals surface area contributed by atoms with E-state index >= 15 is 0 Å². The summed E-state index contributed by atoms with van der Waals surface area (Å²) in [5, 5.41) is 25.0. The summed E-state index contributed by atoms with van der Waals surface area (Å²) in [6.45, 7) is -0.211. The van der Waals surface area contributed by atoms with Crippen molar-refractivity contribution >= 4 is 5.97 Å². The predicted molar refractivity (Wildman–Crippen MR) is 31.3 cm³/mol. The van der Waals surface area contributed by atoms with E-state index in [4.69, 9.17) is 15.3 Å². The van der Waals surface area contributed by atoms with E-state index in [1.165, 1.54) is 6.92 Å². The molecule has 0 radical (unpaired) electrons. The van der Waals surface area contributed by atoms with Gasteiger partial charge in [0.2, 0.25) is 0 Å². The molecule has 0 saturated carbocycles. The van der Waals surface area contributed by atoms with Crippen LogP contribution in [0.4, 0.5) is 0 Å². The third kappa shape index (κ3) is 1.94. The molecule has 0 aliphatic rings. The number of carboxylic acid groups (broad SMARTS) is 1. The van der Waals surface area contributed by atoms with Crippen LogP contribution >= 0.6 is 0 Å². The molecule has 3 N–H and O–H groups in total. The minimum absolute atomic E-state index is 0.664. The molecule has 0 heterocycles. The second-order valence-electron chi connectivity index (χ2n) is 1.97. The zero-order valence-electron chi connectivity index (χ0n) is 5.57. The van der Waals surface area contributed by atoms with Crippen molar-refractivity contribution in [1.82, 2.24) is 0 Å². The molecular formula is C5H10O5. The molecule has 60 valence electrons. The number of hydrogen-bond donors (Lipinski definition) is 3. The van der Waals surface area contributed by atoms with Crippen molar-refractivity contribution in [3.63, 3.8) is 0 Å². The number of carbonyl (C=O) groups is 1. The molecule has 0 aromatic carbocycles. The molecule has 0 aromatic heterocycles. The van der Waals surface area contributed by atoms with E-state index in [9.17, 15) is 4.79 Å². The third-order valence-corrected chi connectivity index (χ3v) is 1.14. The van der Waals surface area contributed by atoms with E-state index in [-0.39, 0.29) is 0 Å². The summed E-state index contributed by atoms with van der Waals surface area (Å²) in [6.07, 6.45) is 0.